The highest BCUT2D eigenvalue weighted by atomic mass is 16.5. The van der Waals surface area contributed by atoms with Crippen LogP contribution in [0, 0.1) is 0 Å². The zero-order chi connectivity index (χ0) is 15.2. The maximum Gasteiger partial charge on any atom is 0.124 e. The van der Waals surface area contributed by atoms with Gasteiger partial charge in [-0.15, -0.1) is 0 Å². The van der Waals surface area contributed by atoms with Crippen LogP contribution in [0.15, 0.2) is 18.2 Å². The van der Waals surface area contributed by atoms with Crippen LogP contribution in [-0.2, 0) is 11.3 Å². The van der Waals surface area contributed by atoms with E-state index < -0.39 is 0 Å². The minimum atomic E-state index is -0.146. The summed E-state index contributed by atoms with van der Waals surface area (Å²) >= 11 is 0. The Kier molecular flexibility index (Phi) is 6.50. The highest BCUT2D eigenvalue weighted by Crippen LogP contribution is 2.25. The third-order valence-electron chi connectivity index (χ3n) is 3.17. The van der Waals surface area contributed by atoms with E-state index >= 15 is 0 Å². The van der Waals surface area contributed by atoms with Crippen molar-refractivity contribution in [3.05, 3.63) is 29.3 Å². The Labute approximate surface area is 123 Å². The number of benzene rings is 1. The van der Waals surface area contributed by atoms with E-state index in [0.29, 0.717) is 12.6 Å². The fourth-order valence-corrected chi connectivity index (χ4v) is 1.95. The van der Waals surface area contributed by atoms with Crippen LogP contribution >= 0.6 is 0 Å². The molecule has 0 fully saturated rings. The van der Waals surface area contributed by atoms with Crippen LogP contribution in [0.25, 0.3) is 0 Å². The lowest BCUT2D eigenvalue weighted by Crippen LogP contribution is -2.20. The number of rotatable bonds is 7. The zero-order valence-corrected chi connectivity index (χ0v) is 13.7. The van der Waals surface area contributed by atoms with Crippen LogP contribution in [0.3, 0.4) is 0 Å². The second kappa shape index (κ2) is 7.65. The molecule has 0 amide bonds. The molecular formula is C17H29NO2. The highest BCUT2D eigenvalue weighted by Gasteiger charge is 2.14. The summed E-state index contributed by atoms with van der Waals surface area (Å²) in [6.45, 7) is 12.2. The second-order valence-electron chi connectivity index (χ2n) is 6.15. The van der Waals surface area contributed by atoms with Crippen molar-refractivity contribution in [3.63, 3.8) is 0 Å². The molecule has 0 saturated carbocycles. The lowest BCUT2D eigenvalue weighted by Gasteiger charge is -2.22. The summed E-state index contributed by atoms with van der Waals surface area (Å²) in [6, 6.07) is 6.67. The molecule has 0 aromatic heterocycles. The molecule has 0 aliphatic heterocycles. The van der Waals surface area contributed by atoms with Gasteiger partial charge in [0, 0.05) is 11.6 Å². The lowest BCUT2D eigenvalue weighted by molar-refractivity contribution is -0.0156. The standard InChI is InChI=1S/C17H29NO2/c1-7-10-18-13(2)14-8-9-16(19-6)15(11-14)12-20-17(3,4)5/h8-9,11,13,18H,7,10,12H2,1-6H3. The van der Waals surface area contributed by atoms with Gasteiger partial charge in [-0.05, 0) is 58.4 Å². The third-order valence-corrected chi connectivity index (χ3v) is 3.17. The van der Waals surface area contributed by atoms with E-state index in [0.717, 1.165) is 24.3 Å². The van der Waals surface area contributed by atoms with Crippen molar-refractivity contribution in [1.29, 1.82) is 0 Å². The third kappa shape index (κ3) is 5.51. The van der Waals surface area contributed by atoms with E-state index in [9.17, 15) is 0 Å². The van der Waals surface area contributed by atoms with Crippen LogP contribution in [0.5, 0.6) is 5.75 Å². The van der Waals surface area contributed by atoms with Gasteiger partial charge >= 0.3 is 0 Å². The molecule has 3 nitrogen and oxygen atoms in total. The van der Waals surface area contributed by atoms with E-state index in [-0.39, 0.29) is 5.60 Å². The molecule has 0 aliphatic rings. The minimum absolute atomic E-state index is 0.146. The van der Waals surface area contributed by atoms with Crippen LogP contribution in [0.2, 0.25) is 0 Å². The van der Waals surface area contributed by atoms with Crippen molar-refractivity contribution >= 4 is 0 Å². The first kappa shape index (κ1) is 17.0. The average molecular weight is 279 g/mol. The first-order valence-corrected chi connectivity index (χ1v) is 7.41. The molecule has 1 N–H and O–H groups in total. The molecule has 0 radical (unpaired) electrons. The molecule has 1 unspecified atom stereocenters. The maximum atomic E-state index is 5.87. The highest BCUT2D eigenvalue weighted by molar-refractivity contribution is 5.38. The number of ether oxygens (including phenoxy) is 2. The first-order valence-electron chi connectivity index (χ1n) is 7.41. The molecule has 1 aromatic rings. The molecule has 0 bridgehead atoms. The Bertz CT molecular complexity index is 410. The van der Waals surface area contributed by atoms with Crippen molar-refractivity contribution in [1.82, 2.24) is 5.32 Å². The van der Waals surface area contributed by atoms with Gasteiger partial charge in [0.2, 0.25) is 0 Å². The molecule has 0 heterocycles. The summed E-state index contributed by atoms with van der Waals surface area (Å²) < 4.78 is 11.3. The monoisotopic (exact) mass is 279 g/mol. The van der Waals surface area contributed by atoms with Crippen LogP contribution < -0.4 is 10.1 Å². The van der Waals surface area contributed by atoms with Gasteiger partial charge in [0.1, 0.15) is 5.75 Å². The van der Waals surface area contributed by atoms with Gasteiger partial charge in [0.05, 0.1) is 19.3 Å². The van der Waals surface area contributed by atoms with Crippen molar-refractivity contribution in [2.75, 3.05) is 13.7 Å². The molecule has 0 aliphatic carbocycles. The molecule has 20 heavy (non-hydrogen) atoms. The van der Waals surface area contributed by atoms with E-state index in [1.807, 2.05) is 6.07 Å². The average Bonchev–Trinajstić information content (AvgIpc) is 2.41. The van der Waals surface area contributed by atoms with Gasteiger partial charge in [-0.3, -0.25) is 0 Å². The van der Waals surface area contributed by atoms with E-state index in [1.54, 1.807) is 7.11 Å². The Balaban J connectivity index is 2.85. The second-order valence-corrected chi connectivity index (χ2v) is 6.15. The molecule has 1 rings (SSSR count). The predicted molar refractivity (Wildman–Crippen MR) is 84.2 cm³/mol. The molecular weight excluding hydrogens is 250 g/mol. The smallest absolute Gasteiger partial charge is 0.124 e. The fraction of sp³-hybridized carbons (Fsp3) is 0.647. The SMILES string of the molecule is CCCNC(C)c1ccc(OC)c(COC(C)(C)C)c1. The molecule has 0 spiro atoms. The number of methoxy groups -OCH3 is 1. The van der Waals surface area contributed by atoms with Gasteiger partial charge in [-0.1, -0.05) is 13.0 Å². The van der Waals surface area contributed by atoms with Crippen LogP contribution in [-0.4, -0.2) is 19.3 Å². The van der Waals surface area contributed by atoms with Crippen molar-refractivity contribution in [3.8, 4) is 5.75 Å². The van der Waals surface area contributed by atoms with Gasteiger partial charge in [-0.2, -0.15) is 0 Å². The molecule has 1 aromatic carbocycles. The molecule has 114 valence electrons. The van der Waals surface area contributed by atoms with E-state index in [2.05, 4.69) is 52.1 Å². The quantitative estimate of drug-likeness (QED) is 0.816. The van der Waals surface area contributed by atoms with E-state index in [1.165, 1.54) is 5.56 Å². The van der Waals surface area contributed by atoms with Crippen molar-refractivity contribution < 1.29 is 9.47 Å². The summed E-state index contributed by atoms with van der Waals surface area (Å²) in [5, 5.41) is 3.50. The van der Waals surface area contributed by atoms with Gasteiger partial charge in [0.25, 0.3) is 0 Å². The maximum absolute atomic E-state index is 5.87. The van der Waals surface area contributed by atoms with Gasteiger partial charge in [0.15, 0.2) is 0 Å². The Morgan fingerprint density at radius 3 is 2.50 bits per heavy atom. The Hall–Kier alpha value is -1.06. The van der Waals surface area contributed by atoms with Crippen molar-refractivity contribution in [2.45, 2.75) is 59.3 Å². The topological polar surface area (TPSA) is 30.5 Å². The summed E-state index contributed by atoms with van der Waals surface area (Å²) in [7, 11) is 1.70. The summed E-state index contributed by atoms with van der Waals surface area (Å²) in [4.78, 5) is 0. The molecule has 1 atom stereocenters. The number of nitrogens with one attached hydrogen (secondary N) is 1. The lowest BCUT2D eigenvalue weighted by atomic mass is 10.0. The first-order chi connectivity index (χ1) is 9.37. The van der Waals surface area contributed by atoms with Gasteiger partial charge in [-0.25, -0.2) is 0 Å². The minimum Gasteiger partial charge on any atom is -0.496 e. The van der Waals surface area contributed by atoms with Crippen molar-refractivity contribution in [2.24, 2.45) is 0 Å². The van der Waals surface area contributed by atoms with Gasteiger partial charge < -0.3 is 14.8 Å². The zero-order valence-electron chi connectivity index (χ0n) is 13.7. The molecule has 0 saturated heterocycles. The number of hydrogen-bond acceptors (Lipinski definition) is 3. The fourth-order valence-electron chi connectivity index (χ4n) is 1.95. The summed E-state index contributed by atoms with van der Waals surface area (Å²) in [5.74, 6) is 0.890. The summed E-state index contributed by atoms with van der Waals surface area (Å²) in [5.41, 5.74) is 2.23. The van der Waals surface area contributed by atoms with Crippen LogP contribution in [0.1, 0.15) is 58.2 Å². The Morgan fingerprint density at radius 2 is 1.95 bits per heavy atom. The normalized spacial score (nSPS) is 13.3. The molecule has 3 heteroatoms. The summed E-state index contributed by atoms with van der Waals surface area (Å²) in [6.07, 6.45) is 1.14. The number of hydrogen-bond donors (Lipinski definition) is 1. The largest absolute Gasteiger partial charge is 0.496 e. The predicted octanol–water partition coefficient (Wildman–Crippen LogP) is 4.07. The van der Waals surface area contributed by atoms with Crippen LogP contribution in [0.4, 0.5) is 0 Å². The Morgan fingerprint density at radius 1 is 1.25 bits per heavy atom. The van der Waals surface area contributed by atoms with E-state index in [4.69, 9.17) is 9.47 Å².